The summed E-state index contributed by atoms with van der Waals surface area (Å²) in [6.07, 6.45) is 0.778. The molecule has 0 amide bonds. The second-order valence-electron chi connectivity index (χ2n) is 8.91. The number of benzene rings is 2. The first-order valence-electron chi connectivity index (χ1n) is 11.7. The molecule has 0 saturated carbocycles. The molecular weight excluding hydrogens is 436 g/mol. The molecule has 0 aliphatic carbocycles. The minimum atomic E-state index is -0.407. The molecule has 0 bridgehead atoms. The Labute approximate surface area is 202 Å². The van der Waals surface area contributed by atoms with Gasteiger partial charge in [0.25, 0.3) is 0 Å². The van der Waals surface area contributed by atoms with Crippen LogP contribution in [0.4, 0.5) is 0 Å². The highest BCUT2D eigenvalue weighted by Gasteiger charge is 2.36. The molecule has 5 heteroatoms. The Bertz CT molecular complexity index is 752. The van der Waals surface area contributed by atoms with E-state index in [0.717, 1.165) is 5.56 Å². The van der Waals surface area contributed by atoms with Gasteiger partial charge in [0.2, 0.25) is 0 Å². The predicted molar refractivity (Wildman–Crippen MR) is 138 cm³/mol. The van der Waals surface area contributed by atoms with Gasteiger partial charge in [0, 0.05) is 17.8 Å². The van der Waals surface area contributed by atoms with Gasteiger partial charge < -0.3 is 14.6 Å². The first-order chi connectivity index (χ1) is 15.6. The van der Waals surface area contributed by atoms with Crippen molar-refractivity contribution in [3.05, 3.63) is 71.8 Å². The highest BCUT2D eigenvalue weighted by atomic mass is 32.2. The van der Waals surface area contributed by atoms with Crippen molar-refractivity contribution in [2.75, 3.05) is 18.1 Å². The number of aliphatic hydroxyl groups is 1. The normalized spacial score (nSPS) is 19.8. The van der Waals surface area contributed by atoms with Crippen molar-refractivity contribution in [1.82, 2.24) is 0 Å². The van der Waals surface area contributed by atoms with E-state index in [4.69, 9.17) is 9.47 Å². The van der Waals surface area contributed by atoms with E-state index in [-0.39, 0.29) is 23.9 Å². The van der Waals surface area contributed by atoms with Crippen LogP contribution in [-0.2, 0) is 22.7 Å². The first-order valence-corrected chi connectivity index (χ1v) is 13.8. The molecule has 1 N–H and O–H groups in total. The van der Waals surface area contributed by atoms with Crippen LogP contribution in [0.3, 0.4) is 0 Å². The van der Waals surface area contributed by atoms with Gasteiger partial charge in [-0.05, 0) is 29.1 Å². The third kappa shape index (κ3) is 7.81. The maximum atomic E-state index is 11.3. The van der Waals surface area contributed by atoms with Gasteiger partial charge in [0.15, 0.2) is 0 Å². The molecule has 3 rings (SSSR count). The Balaban J connectivity index is 1.62. The summed E-state index contributed by atoms with van der Waals surface area (Å²) >= 11 is 3.99. The summed E-state index contributed by atoms with van der Waals surface area (Å²) in [7, 11) is 0. The summed E-state index contributed by atoms with van der Waals surface area (Å²) in [5.74, 6) is 2.81. The largest absolute Gasteiger partial charge is 0.392 e. The van der Waals surface area contributed by atoms with E-state index in [1.807, 2.05) is 59.9 Å². The van der Waals surface area contributed by atoms with Gasteiger partial charge in [-0.15, -0.1) is 23.5 Å². The van der Waals surface area contributed by atoms with E-state index in [0.29, 0.717) is 24.4 Å². The average Bonchev–Trinajstić information content (AvgIpc) is 2.85. The Morgan fingerprint density at radius 3 is 2.03 bits per heavy atom. The molecule has 3 nitrogen and oxygen atoms in total. The van der Waals surface area contributed by atoms with E-state index < -0.39 is 6.10 Å². The fourth-order valence-electron chi connectivity index (χ4n) is 4.28. The van der Waals surface area contributed by atoms with Gasteiger partial charge in [-0.2, -0.15) is 0 Å². The van der Waals surface area contributed by atoms with Crippen molar-refractivity contribution in [3.63, 3.8) is 0 Å². The van der Waals surface area contributed by atoms with Gasteiger partial charge in [-0.25, -0.2) is 0 Å². The fraction of sp³-hybridized carbons (Fsp3) is 0.556. The highest BCUT2D eigenvalue weighted by molar-refractivity contribution is 8.17. The molecule has 5 atom stereocenters. The van der Waals surface area contributed by atoms with E-state index in [1.54, 1.807) is 0 Å². The summed E-state index contributed by atoms with van der Waals surface area (Å²) in [5, 5.41) is 11.3. The summed E-state index contributed by atoms with van der Waals surface area (Å²) < 4.78 is 13.0. The lowest BCUT2D eigenvalue weighted by Crippen LogP contribution is -2.42. The van der Waals surface area contributed by atoms with Crippen LogP contribution < -0.4 is 0 Å². The van der Waals surface area contributed by atoms with Crippen LogP contribution in [-0.4, -0.2) is 40.0 Å². The van der Waals surface area contributed by atoms with Crippen molar-refractivity contribution in [3.8, 4) is 0 Å². The van der Waals surface area contributed by atoms with E-state index >= 15 is 0 Å². The Morgan fingerprint density at radius 2 is 1.44 bits per heavy atom. The van der Waals surface area contributed by atoms with Crippen LogP contribution in [0, 0.1) is 17.8 Å². The molecule has 1 heterocycles. The lowest BCUT2D eigenvalue weighted by Gasteiger charge is -2.37. The maximum Gasteiger partial charge on any atom is 0.0720 e. The van der Waals surface area contributed by atoms with Crippen LogP contribution in [0.25, 0.3) is 0 Å². The Kier molecular flexibility index (Phi) is 10.9. The summed E-state index contributed by atoms with van der Waals surface area (Å²) in [5.41, 5.74) is 2.33. The van der Waals surface area contributed by atoms with E-state index in [2.05, 4.69) is 45.0 Å². The molecule has 32 heavy (non-hydrogen) atoms. The van der Waals surface area contributed by atoms with Crippen molar-refractivity contribution in [2.45, 2.75) is 57.2 Å². The monoisotopic (exact) mass is 474 g/mol. The van der Waals surface area contributed by atoms with E-state index in [9.17, 15) is 5.11 Å². The van der Waals surface area contributed by atoms with Gasteiger partial charge >= 0.3 is 0 Å². The van der Waals surface area contributed by atoms with Crippen molar-refractivity contribution >= 4 is 23.5 Å². The van der Waals surface area contributed by atoms with Crippen molar-refractivity contribution < 1.29 is 14.6 Å². The number of aliphatic hydroxyl groups excluding tert-OH is 1. The number of ether oxygens (including phenoxy) is 2. The molecule has 1 aliphatic heterocycles. The summed E-state index contributed by atoms with van der Waals surface area (Å²) in [6, 6.07) is 20.5. The first kappa shape index (κ1) is 25.6. The van der Waals surface area contributed by atoms with Crippen LogP contribution in [0.1, 0.15) is 38.3 Å². The summed E-state index contributed by atoms with van der Waals surface area (Å²) in [4.78, 5) is 0. The molecule has 0 spiro atoms. The van der Waals surface area contributed by atoms with Crippen LogP contribution in [0.15, 0.2) is 60.7 Å². The van der Waals surface area contributed by atoms with Gasteiger partial charge in [-0.1, -0.05) is 81.4 Å². The van der Waals surface area contributed by atoms with Gasteiger partial charge in [0.1, 0.15) is 0 Å². The molecule has 2 aromatic carbocycles. The van der Waals surface area contributed by atoms with Crippen LogP contribution in [0.5, 0.6) is 0 Å². The van der Waals surface area contributed by atoms with Crippen molar-refractivity contribution in [2.24, 2.45) is 17.8 Å². The quantitative estimate of drug-likeness (QED) is 0.393. The third-order valence-corrected chi connectivity index (χ3v) is 9.60. The minimum Gasteiger partial charge on any atom is -0.392 e. The lowest BCUT2D eigenvalue weighted by atomic mass is 9.84. The standard InChI is InChI=1S/C27H38O3S2/c1-20(17-29-18-23-11-6-4-7-12-23)26(30-19-24-13-8-5-9-14-24)21(2)25(28)22(3)27-31-15-10-16-32-27/h4-9,11-14,20-22,25-28H,10,15-19H2,1-3H3/t20-,21-,22+,25+,26+/m0/s1. The Hall–Kier alpha value is -0.980. The summed E-state index contributed by atoms with van der Waals surface area (Å²) in [6.45, 7) is 8.27. The molecule has 0 aromatic heterocycles. The number of hydrogen-bond donors (Lipinski definition) is 1. The topological polar surface area (TPSA) is 38.7 Å². The maximum absolute atomic E-state index is 11.3. The molecular formula is C27H38O3S2. The number of thioether (sulfide) groups is 2. The van der Waals surface area contributed by atoms with Crippen molar-refractivity contribution in [1.29, 1.82) is 0 Å². The zero-order valence-corrected chi connectivity index (χ0v) is 21.2. The highest BCUT2D eigenvalue weighted by Crippen LogP contribution is 2.39. The molecule has 176 valence electrons. The minimum absolute atomic E-state index is 0.0205. The van der Waals surface area contributed by atoms with Gasteiger partial charge in [0.05, 0.1) is 36.6 Å². The predicted octanol–water partition coefficient (Wildman–Crippen LogP) is 6.25. The molecule has 1 saturated heterocycles. The molecule has 1 aliphatic rings. The average molecular weight is 475 g/mol. The second kappa shape index (κ2) is 13.7. The van der Waals surface area contributed by atoms with Crippen LogP contribution in [0.2, 0.25) is 0 Å². The fourth-order valence-corrected chi connectivity index (χ4v) is 7.44. The molecule has 2 aromatic rings. The smallest absolute Gasteiger partial charge is 0.0720 e. The molecule has 0 radical (unpaired) electrons. The number of hydrogen-bond acceptors (Lipinski definition) is 5. The Morgan fingerprint density at radius 1 is 0.875 bits per heavy atom. The van der Waals surface area contributed by atoms with Crippen LogP contribution >= 0.6 is 23.5 Å². The molecule has 0 unspecified atom stereocenters. The second-order valence-corrected chi connectivity index (χ2v) is 11.7. The SMILES string of the molecule is C[C@@H]([C@@H](O)[C@@H](C)C1SCCCS1)[C@H](OCc1ccccc1)[C@@H](C)COCc1ccccc1. The zero-order chi connectivity index (χ0) is 22.8. The number of rotatable bonds is 12. The third-order valence-electron chi connectivity index (χ3n) is 6.22. The van der Waals surface area contributed by atoms with Gasteiger partial charge in [-0.3, -0.25) is 0 Å². The molecule has 1 fully saturated rings. The lowest BCUT2D eigenvalue weighted by molar-refractivity contribution is -0.0911. The van der Waals surface area contributed by atoms with E-state index in [1.165, 1.54) is 23.5 Å². The zero-order valence-electron chi connectivity index (χ0n) is 19.6.